The van der Waals surface area contributed by atoms with Gasteiger partial charge in [-0.1, -0.05) is 36.4 Å². The number of carbonyl (C=O) groups is 1. The summed E-state index contributed by atoms with van der Waals surface area (Å²) < 4.78 is 19.1. The molecule has 0 spiro atoms. The molecule has 0 radical (unpaired) electrons. The van der Waals surface area contributed by atoms with Gasteiger partial charge in [0.2, 0.25) is 0 Å². The van der Waals surface area contributed by atoms with E-state index in [1.807, 2.05) is 36.4 Å². The fourth-order valence-electron chi connectivity index (χ4n) is 2.54. The Morgan fingerprint density at radius 3 is 2.78 bits per heavy atom. The zero-order chi connectivity index (χ0) is 16.1. The third-order valence-electron chi connectivity index (χ3n) is 3.79. The summed E-state index contributed by atoms with van der Waals surface area (Å²) in [5.41, 5.74) is 2.20. The van der Waals surface area contributed by atoms with Crippen molar-refractivity contribution in [3.05, 3.63) is 71.0 Å². The van der Waals surface area contributed by atoms with E-state index in [1.165, 1.54) is 6.07 Å². The Bertz CT molecular complexity index is 740. The minimum Gasteiger partial charge on any atom is -0.488 e. The third-order valence-corrected chi connectivity index (χ3v) is 3.79. The van der Waals surface area contributed by atoms with E-state index in [2.05, 4.69) is 5.32 Å². The molecule has 23 heavy (non-hydrogen) atoms. The molecule has 0 aromatic heterocycles. The highest BCUT2D eigenvalue weighted by Gasteiger charge is 2.16. The lowest BCUT2D eigenvalue weighted by atomic mass is 10.1. The number of hydrogen-bond acceptors (Lipinski definition) is 2. The van der Waals surface area contributed by atoms with Crippen LogP contribution in [0.25, 0.3) is 6.08 Å². The van der Waals surface area contributed by atoms with Crippen LogP contribution in [0.5, 0.6) is 5.75 Å². The highest BCUT2D eigenvalue weighted by Crippen LogP contribution is 2.25. The topological polar surface area (TPSA) is 38.3 Å². The summed E-state index contributed by atoms with van der Waals surface area (Å²) in [6, 6.07) is 14.3. The van der Waals surface area contributed by atoms with Crippen LogP contribution < -0.4 is 10.1 Å². The van der Waals surface area contributed by atoms with Gasteiger partial charge in [-0.15, -0.1) is 0 Å². The van der Waals surface area contributed by atoms with Gasteiger partial charge >= 0.3 is 0 Å². The van der Waals surface area contributed by atoms with Crippen molar-refractivity contribution in [3.8, 4) is 5.75 Å². The average Bonchev–Trinajstić information content (AvgIpc) is 2.59. The monoisotopic (exact) mass is 311 g/mol. The van der Waals surface area contributed by atoms with Gasteiger partial charge in [-0.3, -0.25) is 4.79 Å². The van der Waals surface area contributed by atoms with Gasteiger partial charge in [0.15, 0.2) is 0 Å². The Kier molecular flexibility index (Phi) is 4.71. The number of hydrogen-bond donors (Lipinski definition) is 1. The predicted molar refractivity (Wildman–Crippen MR) is 87.6 cm³/mol. The van der Waals surface area contributed by atoms with Gasteiger partial charge in [-0.2, -0.15) is 0 Å². The molecule has 3 nitrogen and oxygen atoms in total. The van der Waals surface area contributed by atoms with E-state index in [9.17, 15) is 9.18 Å². The average molecular weight is 311 g/mol. The summed E-state index contributed by atoms with van der Waals surface area (Å²) in [7, 11) is 0. The van der Waals surface area contributed by atoms with Gasteiger partial charge in [0.25, 0.3) is 5.91 Å². The highest BCUT2D eigenvalue weighted by atomic mass is 19.1. The Hall–Kier alpha value is -2.62. The number of ether oxygens (including phenoxy) is 1. The fraction of sp³-hybridized carbons (Fsp3) is 0.211. The van der Waals surface area contributed by atoms with Crippen molar-refractivity contribution in [2.75, 3.05) is 13.2 Å². The van der Waals surface area contributed by atoms with Gasteiger partial charge in [0.05, 0.1) is 5.57 Å². The van der Waals surface area contributed by atoms with Crippen molar-refractivity contribution in [3.63, 3.8) is 0 Å². The number of para-hydroxylation sites is 1. The first-order valence-electron chi connectivity index (χ1n) is 7.68. The second kappa shape index (κ2) is 7.09. The smallest absolute Gasteiger partial charge is 0.250 e. The number of nitrogens with one attached hydrogen (secondary N) is 1. The Balaban J connectivity index is 1.51. The number of halogens is 1. The van der Waals surface area contributed by atoms with Crippen molar-refractivity contribution in [2.24, 2.45) is 0 Å². The van der Waals surface area contributed by atoms with E-state index in [0.29, 0.717) is 30.5 Å². The molecular weight excluding hydrogens is 293 g/mol. The second-order valence-corrected chi connectivity index (χ2v) is 5.45. The van der Waals surface area contributed by atoms with Crippen LogP contribution in [0, 0.1) is 5.82 Å². The molecule has 118 valence electrons. The highest BCUT2D eigenvalue weighted by molar-refractivity contribution is 5.99. The van der Waals surface area contributed by atoms with Crippen LogP contribution in [-0.4, -0.2) is 19.1 Å². The van der Waals surface area contributed by atoms with Crippen molar-refractivity contribution in [2.45, 2.75) is 12.8 Å². The number of aryl methyl sites for hydroxylation is 1. The molecule has 0 saturated heterocycles. The lowest BCUT2D eigenvalue weighted by Crippen LogP contribution is -2.29. The molecule has 1 aliphatic heterocycles. The molecule has 2 aromatic carbocycles. The summed E-state index contributed by atoms with van der Waals surface area (Å²) in [5, 5.41) is 2.86. The Morgan fingerprint density at radius 2 is 1.91 bits per heavy atom. The van der Waals surface area contributed by atoms with Crippen LogP contribution in [0.2, 0.25) is 0 Å². The van der Waals surface area contributed by atoms with Crippen LogP contribution in [0.15, 0.2) is 54.1 Å². The molecule has 1 amide bonds. The van der Waals surface area contributed by atoms with Crippen LogP contribution in [0.1, 0.15) is 17.5 Å². The molecule has 1 heterocycles. The summed E-state index contributed by atoms with van der Waals surface area (Å²) in [5.74, 6) is 0.468. The molecule has 0 fully saturated rings. The zero-order valence-corrected chi connectivity index (χ0v) is 12.7. The van der Waals surface area contributed by atoms with Gasteiger partial charge in [-0.25, -0.2) is 4.39 Å². The van der Waals surface area contributed by atoms with Crippen LogP contribution in [0.4, 0.5) is 4.39 Å². The van der Waals surface area contributed by atoms with E-state index >= 15 is 0 Å². The van der Waals surface area contributed by atoms with E-state index < -0.39 is 0 Å². The summed E-state index contributed by atoms with van der Waals surface area (Å²) in [6.07, 6.45) is 3.15. The molecule has 0 unspecified atom stereocenters. The van der Waals surface area contributed by atoms with E-state index in [1.54, 1.807) is 12.1 Å². The van der Waals surface area contributed by atoms with Crippen molar-refractivity contribution < 1.29 is 13.9 Å². The predicted octanol–water partition coefficient (Wildman–Crippen LogP) is 3.35. The first kappa shape index (κ1) is 15.3. The lowest BCUT2D eigenvalue weighted by molar-refractivity contribution is -0.117. The van der Waals surface area contributed by atoms with Gasteiger partial charge < -0.3 is 10.1 Å². The number of fused-ring (bicyclic) bond motifs is 1. The molecule has 0 bridgehead atoms. The Labute approximate surface area is 134 Å². The van der Waals surface area contributed by atoms with E-state index in [-0.39, 0.29) is 18.3 Å². The normalized spacial score (nSPS) is 12.8. The van der Waals surface area contributed by atoms with Crippen molar-refractivity contribution in [1.29, 1.82) is 0 Å². The number of amides is 1. The minimum atomic E-state index is -0.196. The lowest BCUT2D eigenvalue weighted by Gasteiger charge is -2.17. The largest absolute Gasteiger partial charge is 0.488 e. The molecule has 0 saturated carbocycles. The summed E-state index contributed by atoms with van der Waals surface area (Å²) in [6.45, 7) is 0.780. The quantitative estimate of drug-likeness (QED) is 0.860. The number of rotatable bonds is 5. The van der Waals surface area contributed by atoms with E-state index in [4.69, 9.17) is 4.74 Å². The maximum atomic E-state index is 13.5. The third kappa shape index (κ3) is 3.77. The van der Waals surface area contributed by atoms with Crippen molar-refractivity contribution >= 4 is 12.0 Å². The molecule has 1 N–H and O–H groups in total. The number of carbonyl (C=O) groups excluding carboxylic acids is 1. The maximum Gasteiger partial charge on any atom is 0.250 e. The molecule has 1 aliphatic rings. The van der Waals surface area contributed by atoms with E-state index in [0.717, 1.165) is 11.3 Å². The van der Waals surface area contributed by atoms with Crippen molar-refractivity contribution in [1.82, 2.24) is 5.32 Å². The number of benzene rings is 2. The molecule has 0 aliphatic carbocycles. The minimum absolute atomic E-state index is 0.131. The summed E-state index contributed by atoms with van der Waals surface area (Å²) >= 11 is 0. The van der Waals surface area contributed by atoms with Gasteiger partial charge in [0, 0.05) is 12.1 Å². The van der Waals surface area contributed by atoms with Crippen LogP contribution >= 0.6 is 0 Å². The fourth-order valence-corrected chi connectivity index (χ4v) is 2.54. The summed E-state index contributed by atoms with van der Waals surface area (Å²) in [4.78, 5) is 12.2. The molecular formula is C19H18FNO2. The second-order valence-electron chi connectivity index (χ2n) is 5.45. The molecule has 2 aromatic rings. The van der Waals surface area contributed by atoms with Gasteiger partial charge in [-0.05, 0) is 36.6 Å². The maximum absolute atomic E-state index is 13.5. The SMILES string of the molecule is O=C(NCCCc1ccccc1F)C1=Cc2ccccc2OC1. The van der Waals surface area contributed by atoms with Crippen LogP contribution in [0.3, 0.4) is 0 Å². The standard InChI is InChI=1S/C19H18FNO2/c20-17-9-3-1-6-14(17)8-5-11-21-19(22)16-12-15-7-2-4-10-18(15)23-13-16/h1-4,6-7,9-10,12H,5,8,11,13H2,(H,21,22). The Morgan fingerprint density at radius 1 is 1.13 bits per heavy atom. The molecule has 0 atom stereocenters. The van der Waals surface area contributed by atoms with Crippen LogP contribution in [-0.2, 0) is 11.2 Å². The molecule has 4 heteroatoms. The first-order valence-corrected chi connectivity index (χ1v) is 7.68. The zero-order valence-electron chi connectivity index (χ0n) is 12.7. The first-order chi connectivity index (χ1) is 11.2. The molecule has 3 rings (SSSR count). The van der Waals surface area contributed by atoms with Gasteiger partial charge in [0.1, 0.15) is 18.2 Å².